The van der Waals surface area contributed by atoms with Gasteiger partial charge in [-0.25, -0.2) is 0 Å². The van der Waals surface area contributed by atoms with Crippen LogP contribution < -0.4 is 5.73 Å². The first-order chi connectivity index (χ1) is 6.53. The number of rotatable bonds is 2. The van der Waals surface area contributed by atoms with Crippen molar-refractivity contribution in [2.24, 2.45) is 5.73 Å². The van der Waals surface area contributed by atoms with E-state index in [0.29, 0.717) is 0 Å². The van der Waals surface area contributed by atoms with E-state index in [1.165, 1.54) is 5.56 Å². The van der Waals surface area contributed by atoms with Gasteiger partial charge in [0.05, 0.1) is 6.10 Å². The third kappa shape index (κ3) is 1.56. The van der Waals surface area contributed by atoms with Gasteiger partial charge < -0.3 is 10.8 Å². The minimum absolute atomic E-state index is 0.349. The maximum Gasteiger partial charge on any atom is 0.0972 e. The average molecular weight is 191 g/mol. The van der Waals surface area contributed by atoms with E-state index in [-0.39, 0.29) is 5.54 Å². The first-order valence-corrected chi connectivity index (χ1v) is 5.07. The zero-order valence-corrected chi connectivity index (χ0v) is 8.75. The lowest BCUT2D eigenvalue weighted by Gasteiger charge is -2.20. The lowest BCUT2D eigenvalue weighted by molar-refractivity contribution is 0.135. The summed E-state index contributed by atoms with van der Waals surface area (Å²) in [7, 11) is 0. The van der Waals surface area contributed by atoms with Gasteiger partial charge in [-0.15, -0.1) is 0 Å². The van der Waals surface area contributed by atoms with Crippen molar-refractivity contribution in [3.63, 3.8) is 0 Å². The lowest BCUT2D eigenvalue weighted by atomic mass is 9.95. The number of aryl methyl sites for hydroxylation is 2. The summed E-state index contributed by atoms with van der Waals surface area (Å²) in [5.74, 6) is 0. The molecule has 0 aliphatic heterocycles. The highest BCUT2D eigenvalue weighted by Gasteiger charge is 2.46. The summed E-state index contributed by atoms with van der Waals surface area (Å²) >= 11 is 0. The van der Waals surface area contributed by atoms with Crippen molar-refractivity contribution in [1.29, 1.82) is 0 Å². The van der Waals surface area contributed by atoms with E-state index in [1.54, 1.807) is 0 Å². The van der Waals surface area contributed by atoms with Gasteiger partial charge in [0.1, 0.15) is 0 Å². The maximum absolute atomic E-state index is 10.1. The summed E-state index contributed by atoms with van der Waals surface area (Å²) in [5, 5.41) is 10.1. The Bertz CT molecular complexity index is 355. The second-order valence-electron chi connectivity index (χ2n) is 4.50. The SMILES string of the molecule is Cc1ccc(C)c(C(O)C2(N)CC2)c1. The predicted molar refractivity (Wildman–Crippen MR) is 57.0 cm³/mol. The van der Waals surface area contributed by atoms with Crippen molar-refractivity contribution in [1.82, 2.24) is 0 Å². The largest absolute Gasteiger partial charge is 0.386 e. The summed E-state index contributed by atoms with van der Waals surface area (Å²) < 4.78 is 0. The Kier molecular flexibility index (Phi) is 2.13. The lowest BCUT2D eigenvalue weighted by Crippen LogP contribution is -2.30. The molecule has 1 saturated carbocycles. The van der Waals surface area contributed by atoms with E-state index in [2.05, 4.69) is 6.07 Å². The van der Waals surface area contributed by atoms with Gasteiger partial charge in [0.15, 0.2) is 0 Å². The van der Waals surface area contributed by atoms with Crippen LogP contribution in [0.25, 0.3) is 0 Å². The Labute approximate surface area is 84.7 Å². The molecular formula is C12H17NO. The van der Waals surface area contributed by atoms with E-state index in [4.69, 9.17) is 5.73 Å². The molecule has 1 aliphatic carbocycles. The molecule has 76 valence electrons. The summed E-state index contributed by atoms with van der Waals surface area (Å²) in [6.07, 6.45) is 1.37. The molecule has 2 heteroatoms. The van der Waals surface area contributed by atoms with Gasteiger partial charge in [0.25, 0.3) is 0 Å². The molecule has 1 unspecified atom stereocenters. The molecule has 14 heavy (non-hydrogen) atoms. The molecule has 2 rings (SSSR count). The first-order valence-electron chi connectivity index (χ1n) is 5.07. The van der Waals surface area contributed by atoms with Crippen molar-refractivity contribution in [2.75, 3.05) is 0 Å². The van der Waals surface area contributed by atoms with E-state index < -0.39 is 6.10 Å². The monoisotopic (exact) mass is 191 g/mol. The van der Waals surface area contributed by atoms with Crippen LogP contribution in [0, 0.1) is 13.8 Å². The number of nitrogens with two attached hydrogens (primary N) is 1. The fourth-order valence-corrected chi connectivity index (χ4v) is 1.78. The Morgan fingerprint density at radius 1 is 1.36 bits per heavy atom. The van der Waals surface area contributed by atoms with Crippen LogP contribution in [-0.2, 0) is 0 Å². The van der Waals surface area contributed by atoms with Crippen LogP contribution in [0.5, 0.6) is 0 Å². The molecule has 1 aromatic carbocycles. The van der Waals surface area contributed by atoms with Crippen molar-refractivity contribution >= 4 is 0 Å². The zero-order valence-electron chi connectivity index (χ0n) is 8.75. The Hall–Kier alpha value is -0.860. The van der Waals surface area contributed by atoms with Gasteiger partial charge >= 0.3 is 0 Å². The highest BCUT2D eigenvalue weighted by atomic mass is 16.3. The highest BCUT2D eigenvalue weighted by molar-refractivity contribution is 5.35. The molecule has 0 heterocycles. The molecule has 0 spiro atoms. The standard InChI is InChI=1S/C12H17NO/c1-8-3-4-9(2)10(7-8)11(14)12(13)5-6-12/h3-4,7,11,14H,5-6,13H2,1-2H3. The van der Waals surface area contributed by atoms with Crippen LogP contribution in [0.1, 0.15) is 35.6 Å². The normalized spacial score (nSPS) is 20.6. The van der Waals surface area contributed by atoms with Gasteiger partial charge in [0, 0.05) is 5.54 Å². The Morgan fingerprint density at radius 2 is 2.00 bits per heavy atom. The van der Waals surface area contributed by atoms with Crippen molar-refractivity contribution in [3.05, 3.63) is 34.9 Å². The summed E-state index contributed by atoms with van der Waals surface area (Å²) in [6.45, 7) is 4.05. The highest BCUT2D eigenvalue weighted by Crippen LogP contribution is 2.44. The summed E-state index contributed by atoms with van der Waals surface area (Å²) in [4.78, 5) is 0. The number of hydrogen-bond acceptors (Lipinski definition) is 2. The average Bonchev–Trinajstić information content (AvgIpc) is 2.88. The van der Waals surface area contributed by atoms with E-state index >= 15 is 0 Å². The molecule has 0 amide bonds. The molecule has 1 aliphatic rings. The number of benzene rings is 1. The molecule has 0 bridgehead atoms. The van der Waals surface area contributed by atoms with Gasteiger partial charge in [-0.3, -0.25) is 0 Å². The van der Waals surface area contributed by atoms with Gasteiger partial charge in [-0.05, 0) is 37.8 Å². The fourth-order valence-electron chi connectivity index (χ4n) is 1.78. The molecule has 1 atom stereocenters. The molecular weight excluding hydrogens is 174 g/mol. The van der Waals surface area contributed by atoms with Crippen LogP contribution in [-0.4, -0.2) is 10.6 Å². The molecule has 0 radical (unpaired) electrons. The van der Waals surface area contributed by atoms with Crippen LogP contribution in [0.4, 0.5) is 0 Å². The van der Waals surface area contributed by atoms with Gasteiger partial charge in [-0.2, -0.15) is 0 Å². The topological polar surface area (TPSA) is 46.2 Å². The van der Waals surface area contributed by atoms with Crippen LogP contribution in [0.2, 0.25) is 0 Å². The third-order valence-corrected chi connectivity index (χ3v) is 3.10. The molecule has 0 aromatic heterocycles. The molecule has 0 saturated heterocycles. The summed E-state index contributed by atoms with van der Waals surface area (Å²) in [6, 6.07) is 6.13. The van der Waals surface area contributed by atoms with Crippen LogP contribution in [0.15, 0.2) is 18.2 Å². The molecule has 1 fully saturated rings. The first kappa shape index (κ1) is 9.69. The molecule has 3 N–H and O–H groups in total. The van der Waals surface area contributed by atoms with E-state index in [1.807, 2.05) is 26.0 Å². The van der Waals surface area contributed by atoms with Crippen LogP contribution in [0.3, 0.4) is 0 Å². The second kappa shape index (κ2) is 3.07. The third-order valence-electron chi connectivity index (χ3n) is 3.10. The number of aliphatic hydroxyl groups excluding tert-OH is 1. The molecule has 2 nitrogen and oxygen atoms in total. The predicted octanol–water partition coefficient (Wildman–Crippen LogP) is 1.83. The van der Waals surface area contributed by atoms with Crippen molar-refractivity contribution in [2.45, 2.75) is 38.3 Å². The van der Waals surface area contributed by atoms with E-state index in [0.717, 1.165) is 24.0 Å². The van der Waals surface area contributed by atoms with Crippen LogP contribution >= 0.6 is 0 Å². The Morgan fingerprint density at radius 3 is 2.57 bits per heavy atom. The molecule has 1 aromatic rings. The smallest absolute Gasteiger partial charge is 0.0972 e. The number of aliphatic hydroxyl groups is 1. The number of hydrogen-bond donors (Lipinski definition) is 2. The second-order valence-corrected chi connectivity index (χ2v) is 4.50. The fraction of sp³-hybridized carbons (Fsp3) is 0.500. The zero-order chi connectivity index (χ0) is 10.3. The maximum atomic E-state index is 10.1. The van der Waals surface area contributed by atoms with Gasteiger partial charge in [-0.1, -0.05) is 23.8 Å². The quantitative estimate of drug-likeness (QED) is 0.749. The minimum Gasteiger partial charge on any atom is -0.386 e. The Balaban J connectivity index is 2.35. The van der Waals surface area contributed by atoms with Crippen molar-refractivity contribution < 1.29 is 5.11 Å². The van der Waals surface area contributed by atoms with Gasteiger partial charge in [0.2, 0.25) is 0 Å². The van der Waals surface area contributed by atoms with E-state index in [9.17, 15) is 5.11 Å². The van der Waals surface area contributed by atoms with Crippen molar-refractivity contribution in [3.8, 4) is 0 Å². The minimum atomic E-state index is -0.498. The summed E-state index contributed by atoms with van der Waals surface area (Å²) in [5.41, 5.74) is 8.93.